The number of halogens is 3. The van der Waals surface area contributed by atoms with Crippen molar-refractivity contribution in [3.8, 4) is 5.75 Å². The highest BCUT2D eigenvalue weighted by Gasteiger charge is 2.33. The summed E-state index contributed by atoms with van der Waals surface area (Å²) in [5, 5.41) is 0.659. The van der Waals surface area contributed by atoms with Crippen molar-refractivity contribution in [2.24, 2.45) is 5.92 Å². The van der Waals surface area contributed by atoms with E-state index >= 15 is 0 Å². The van der Waals surface area contributed by atoms with Gasteiger partial charge in [0, 0.05) is 18.1 Å². The Kier molecular flexibility index (Phi) is 6.05. The number of rotatable bonds is 4. The van der Waals surface area contributed by atoms with Gasteiger partial charge < -0.3 is 4.74 Å². The van der Waals surface area contributed by atoms with E-state index in [1.807, 2.05) is 0 Å². The maximum atomic E-state index is 13.0. The zero-order valence-corrected chi connectivity index (χ0v) is 16.4. The van der Waals surface area contributed by atoms with Gasteiger partial charge in [-0.1, -0.05) is 23.2 Å². The number of carbonyl (C=O) groups is 1. The monoisotopic (exact) mass is 431 g/mol. The van der Waals surface area contributed by atoms with Crippen LogP contribution in [0.3, 0.4) is 0 Å². The number of esters is 1. The van der Waals surface area contributed by atoms with E-state index in [2.05, 4.69) is 0 Å². The third-order valence-corrected chi connectivity index (χ3v) is 6.79. The van der Waals surface area contributed by atoms with Crippen LogP contribution in [-0.2, 0) is 14.8 Å². The maximum absolute atomic E-state index is 13.0. The van der Waals surface area contributed by atoms with Gasteiger partial charge >= 0.3 is 5.97 Å². The van der Waals surface area contributed by atoms with E-state index in [0.29, 0.717) is 17.9 Å². The molecule has 0 bridgehead atoms. The Balaban J connectivity index is 1.62. The lowest BCUT2D eigenvalue weighted by Gasteiger charge is -2.30. The number of carbonyl (C=O) groups excluding carboxylic acids is 1. The van der Waals surface area contributed by atoms with Gasteiger partial charge in [-0.2, -0.15) is 4.31 Å². The molecule has 3 rings (SSSR count). The molecular weight excluding hydrogens is 416 g/mol. The highest BCUT2D eigenvalue weighted by Crippen LogP contribution is 2.30. The summed E-state index contributed by atoms with van der Waals surface area (Å²) < 4.78 is 44.8. The number of hydrogen-bond acceptors (Lipinski definition) is 4. The minimum atomic E-state index is -3.72. The van der Waals surface area contributed by atoms with Gasteiger partial charge in [0.25, 0.3) is 0 Å². The number of benzene rings is 2. The molecule has 9 heteroatoms. The van der Waals surface area contributed by atoms with Crippen LogP contribution in [0, 0.1) is 11.7 Å². The molecule has 0 saturated carbocycles. The highest BCUT2D eigenvalue weighted by molar-refractivity contribution is 7.89. The molecular formula is C18H16Cl2FNO4S. The van der Waals surface area contributed by atoms with Gasteiger partial charge in [-0.15, -0.1) is 0 Å². The van der Waals surface area contributed by atoms with E-state index in [1.54, 1.807) is 6.07 Å². The van der Waals surface area contributed by atoms with Crippen molar-refractivity contribution in [3.63, 3.8) is 0 Å². The summed E-state index contributed by atoms with van der Waals surface area (Å²) in [6, 6.07) is 9.22. The summed E-state index contributed by atoms with van der Waals surface area (Å²) in [7, 11) is -3.72. The second-order valence-electron chi connectivity index (χ2n) is 6.13. The topological polar surface area (TPSA) is 63.7 Å². The first-order chi connectivity index (χ1) is 12.8. The average molecular weight is 432 g/mol. The van der Waals surface area contributed by atoms with E-state index in [-0.39, 0.29) is 28.8 Å². The Labute approximate surface area is 166 Å². The predicted molar refractivity (Wildman–Crippen MR) is 100.0 cm³/mol. The Morgan fingerprint density at radius 1 is 1.07 bits per heavy atom. The Hall–Kier alpha value is -1.67. The molecule has 0 N–H and O–H groups in total. The van der Waals surface area contributed by atoms with Crippen molar-refractivity contribution < 1.29 is 22.3 Å². The molecule has 0 aliphatic carbocycles. The smallest absolute Gasteiger partial charge is 0.314 e. The number of hydrogen-bond donors (Lipinski definition) is 0. The maximum Gasteiger partial charge on any atom is 0.314 e. The van der Waals surface area contributed by atoms with E-state index in [0.717, 1.165) is 12.1 Å². The van der Waals surface area contributed by atoms with Crippen LogP contribution in [0.15, 0.2) is 47.4 Å². The third-order valence-electron chi connectivity index (χ3n) is 4.34. The zero-order valence-electron chi connectivity index (χ0n) is 14.1. The fourth-order valence-electron chi connectivity index (χ4n) is 2.84. The van der Waals surface area contributed by atoms with Crippen LogP contribution in [0.1, 0.15) is 12.8 Å². The summed E-state index contributed by atoms with van der Waals surface area (Å²) >= 11 is 11.8. The van der Waals surface area contributed by atoms with Crippen molar-refractivity contribution in [2.45, 2.75) is 17.7 Å². The first kappa shape index (κ1) is 20.1. The Morgan fingerprint density at radius 3 is 2.30 bits per heavy atom. The molecule has 1 fully saturated rings. The van der Waals surface area contributed by atoms with Crippen LogP contribution in [0.4, 0.5) is 4.39 Å². The molecule has 0 radical (unpaired) electrons. The summed E-state index contributed by atoms with van der Waals surface area (Å²) in [6.07, 6.45) is 0.648. The van der Waals surface area contributed by atoms with Crippen LogP contribution >= 0.6 is 23.2 Å². The van der Waals surface area contributed by atoms with Gasteiger partial charge in [-0.3, -0.25) is 4.79 Å². The van der Waals surface area contributed by atoms with Crippen LogP contribution in [0.2, 0.25) is 10.0 Å². The lowest BCUT2D eigenvalue weighted by Crippen LogP contribution is -2.41. The molecule has 1 saturated heterocycles. The fraction of sp³-hybridized carbons (Fsp3) is 0.278. The normalized spacial score (nSPS) is 16.3. The summed E-state index contributed by atoms with van der Waals surface area (Å²) in [5.41, 5.74) is 0. The minimum Gasteiger partial charge on any atom is -0.425 e. The van der Waals surface area contributed by atoms with Gasteiger partial charge in [-0.25, -0.2) is 12.8 Å². The van der Waals surface area contributed by atoms with Crippen molar-refractivity contribution in [2.75, 3.05) is 13.1 Å². The first-order valence-electron chi connectivity index (χ1n) is 8.20. The van der Waals surface area contributed by atoms with E-state index in [9.17, 15) is 17.6 Å². The lowest BCUT2D eigenvalue weighted by atomic mass is 9.98. The molecule has 1 aliphatic rings. The number of sulfonamides is 1. The van der Waals surface area contributed by atoms with E-state index < -0.39 is 27.7 Å². The van der Waals surface area contributed by atoms with Gasteiger partial charge in [0.1, 0.15) is 11.6 Å². The molecule has 144 valence electrons. The van der Waals surface area contributed by atoms with Crippen LogP contribution < -0.4 is 4.74 Å². The molecule has 0 aromatic heterocycles. The lowest BCUT2D eigenvalue weighted by molar-refractivity contribution is -0.140. The standard InChI is InChI=1S/C18H16Cl2FNO4S/c19-13-1-6-17(16(20)11-13)26-18(23)12-7-9-22(10-8-12)27(24,25)15-4-2-14(21)3-5-15/h1-6,11-12H,7-10H2. The highest BCUT2D eigenvalue weighted by atomic mass is 35.5. The summed E-state index contributed by atoms with van der Waals surface area (Å²) in [6.45, 7) is 0.349. The molecule has 0 atom stereocenters. The predicted octanol–water partition coefficient (Wildman–Crippen LogP) is 4.14. The molecule has 0 unspecified atom stereocenters. The third kappa shape index (κ3) is 4.60. The number of ether oxygens (including phenoxy) is 1. The Morgan fingerprint density at radius 2 is 1.70 bits per heavy atom. The molecule has 0 amide bonds. The fourth-order valence-corrected chi connectivity index (χ4v) is 4.75. The molecule has 2 aromatic rings. The quantitative estimate of drug-likeness (QED) is 0.538. The van der Waals surface area contributed by atoms with Gasteiger partial charge in [0.2, 0.25) is 10.0 Å². The van der Waals surface area contributed by atoms with Gasteiger partial charge in [-0.05, 0) is 55.3 Å². The summed E-state index contributed by atoms with van der Waals surface area (Å²) in [4.78, 5) is 12.4. The number of piperidine rings is 1. The average Bonchev–Trinajstić information content (AvgIpc) is 2.64. The van der Waals surface area contributed by atoms with Crippen molar-refractivity contribution in [1.82, 2.24) is 4.31 Å². The molecule has 2 aromatic carbocycles. The van der Waals surface area contributed by atoms with Gasteiger partial charge in [0.05, 0.1) is 15.8 Å². The zero-order chi connectivity index (χ0) is 19.6. The molecule has 1 heterocycles. The van der Waals surface area contributed by atoms with Crippen LogP contribution in [0.25, 0.3) is 0 Å². The van der Waals surface area contributed by atoms with E-state index in [1.165, 1.54) is 28.6 Å². The SMILES string of the molecule is O=C(Oc1ccc(Cl)cc1Cl)C1CCN(S(=O)(=O)c2ccc(F)cc2)CC1. The number of nitrogens with zero attached hydrogens (tertiary/aromatic N) is 1. The second kappa shape index (κ2) is 8.14. The molecule has 1 aliphatic heterocycles. The second-order valence-corrected chi connectivity index (χ2v) is 8.91. The van der Waals surface area contributed by atoms with Crippen molar-refractivity contribution in [3.05, 3.63) is 58.3 Å². The molecule has 27 heavy (non-hydrogen) atoms. The van der Waals surface area contributed by atoms with Crippen molar-refractivity contribution in [1.29, 1.82) is 0 Å². The largest absolute Gasteiger partial charge is 0.425 e. The molecule has 0 spiro atoms. The van der Waals surface area contributed by atoms with E-state index in [4.69, 9.17) is 27.9 Å². The van der Waals surface area contributed by atoms with Crippen molar-refractivity contribution >= 4 is 39.2 Å². The Bertz CT molecular complexity index is 942. The summed E-state index contributed by atoms with van der Waals surface area (Å²) in [5.74, 6) is -1.18. The van der Waals surface area contributed by atoms with Crippen LogP contribution in [0.5, 0.6) is 5.75 Å². The van der Waals surface area contributed by atoms with Gasteiger partial charge in [0.15, 0.2) is 0 Å². The minimum absolute atomic E-state index is 0.0258. The molecule has 5 nitrogen and oxygen atoms in total. The van der Waals surface area contributed by atoms with Crippen LogP contribution in [-0.4, -0.2) is 31.8 Å². The first-order valence-corrected chi connectivity index (χ1v) is 10.4.